The number of benzene rings is 1. The molecule has 2 aromatic rings. The molecule has 1 aliphatic rings. The zero-order valence-corrected chi connectivity index (χ0v) is 15.0. The maximum atomic E-state index is 12.0. The number of hydrogen-bond acceptors (Lipinski definition) is 7. The van der Waals surface area contributed by atoms with E-state index in [1.807, 2.05) is 0 Å². The number of esters is 1. The third-order valence-electron chi connectivity index (χ3n) is 3.66. The summed E-state index contributed by atoms with van der Waals surface area (Å²) in [5, 5.41) is 4.29. The van der Waals surface area contributed by atoms with Crippen LogP contribution in [0.15, 0.2) is 28.4 Å². The summed E-state index contributed by atoms with van der Waals surface area (Å²) in [6.45, 7) is 2.20. The first-order valence-corrected chi connectivity index (χ1v) is 8.91. The monoisotopic (exact) mass is 378 g/mol. The molecule has 9 heteroatoms. The number of aryl methyl sites for hydroxylation is 1. The maximum absolute atomic E-state index is 12.0. The van der Waals surface area contributed by atoms with E-state index in [0.29, 0.717) is 36.1 Å². The van der Waals surface area contributed by atoms with Gasteiger partial charge in [-0.3, -0.25) is 19.0 Å². The minimum Gasteiger partial charge on any atom is -0.490 e. The number of hydrogen-bond donors (Lipinski definition) is 1. The number of carbonyl (C=O) groups excluding carboxylic acids is 2. The Bertz CT molecular complexity index is 872. The summed E-state index contributed by atoms with van der Waals surface area (Å²) >= 11 is 1.01. The van der Waals surface area contributed by atoms with Crippen LogP contribution in [-0.2, 0) is 20.9 Å². The van der Waals surface area contributed by atoms with Crippen molar-refractivity contribution in [1.82, 2.24) is 4.57 Å². The smallest absolute Gasteiger partial charge is 0.326 e. The summed E-state index contributed by atoms with van der Waals surface area (Å²) in [6, 6.07) is 5.06. The van der Waals surface area contributed by atoms with Crippen LogP contribution in [0.5, 0.6) is 11.5 Å². The average molecular weight is 378 g/mol. The fraction of sp³-hybridized carbons (Fsp3) is 0.353. The number of nitrogens with zero attached hydrogens (tertiary/aromatic N) is 1. The predicted molar refractivity (Wildman–Crippen MR) is 95.0 cm³/mol. The van der Waals surface area contributed by atoms with Crippen molar-refractivity contribution < 1.29 is 23.8 Å². The lowest BCUT2D eigenvalue weighted by Crippen LogP contribution is -2.26. The molecule has 3 rings (SSSR count). The lowest BCUT2D eigenvalue weighted by Gasteiger charge is -2.11. The first-order valence-electron chi connectivity index (χ1n) is 8.03. The molecule has 1 amide bonds. The van der Waals surface area contributed by atoms with Gasteiger partial charge in [-0.05, 0) is 19.1 Å². The quantitative estimate of drug-likeness (QED) is 0.794. The van der Waals surface area contributed by atoms with Gasteiger partial charge in [-0.25, -0.2) is 0 Å². The van der Waals surface area contributed by atoms with Gasteiger partial charge in [-0.15, -0.1) is 0 Å². The summed E-state index contributed by atoms with van der Waals surface area (Å²) < 4.78 is 17.3. The molecule has 1 aromatic heterocycles. The van der Waals surface area contributed by atoms with Crippen LogP contribution in [0, 0.1) is 6.92 Å². The molecular weight excluding hydrogens is 360 g/mol. The van der Waals surface area contributed by atoms with E-state index in [1.165, 1.54) is 4.57 Å². The van der Waals surface area contributed by atoms with Gasteiger partial charge in [0.2, 0.25) is 0 Å². The van der Waals surface area contributed by atoms with Crippen LogP contribution in [0.25, 0.3) is 0 Å². The van der Waals surface area contributed by atoms with Gasteiger partial charge in [0, 0.05) is 29.2 Å². The topological polar surface area (TPSA) is 95.9 Å². The van der Waals surface area contributed by atoms with Crippen LogP contribution in [0.4, 0.5) is 5.69 Å². The highest BCUT2D eigenvalue weighted by Gasteiger charge is 2.14. The second-order valence-corrected chi connectivity index (χ2v) is 6.47. The van der Waals surface area contributed by atoms with E-state index in [2.05, 4.69) is 5.32 Å². The van der Waals surface area contributed by atoms with Crippen molar-refractivity contribution in [2.45, 2.75) is 19.9 Å². The lowest BCUT2D eigenvalue weighted by molar-refractivity contribution is -0.147. The van der Waals surface area contributed by atoms with Gasteiger partial charge in [0.1, 0.15) is 6.54 Å². The van der Waals surface area contributed by atoms with E-state index in [-0.39, 0.29) is 11.4 Å². The second kappa shape index (κ2) is 8.05. The number of thiazole rings is 1. The molecule has 1 aliphatic heterocycles. The van der Waals surface area contributed by atoms with Crippen molar-refractivity contribution in [3.8, 4) is 11.5 Å². The van der Waals surface area contributed by atoms with Crippen LogP contribution in [0.2, 0.25) is 0 Å². The summed E-state index contributed by atoms with van der Waals surface area (Å²) in [6.07, 6.45) is 0.791. The van der Waals surface area contributed by atoms with Gasteiger partial charge in [-0.1, -0.05) is 11.3 Å². The SMILES string of the molecule is Cc1csc(=O)n1CC(=O)OCC(=O)Nc1ccc2c(c1)OCCCO2. The summed E-state index contributed by atoms with van der Waals surface area (Å²) in [5.74, 6) is 0.0535. The van der Waals surface area contributed by atoms with Crippen LogP contribution in [-0.4, -0.2) is 36.3 Å². The summed E-state index contributed by atoms with van der Waals surface area (Å²) in [7, 11) is 0. The Morgan fingerprint density at radius 2 is 2.04 bits per heavy atom. The molecule has 26 heavy (non-hydrogen) atoms. The van der Waals surface area contributed by atoms with Crippen molar-refractivity contribution in [2.24, 2.45) is 0 Å². The van der Waals surface area contributed by atoms with Crippen molar-refractivity contribution in [3.05, 3.63) is 38.9 Å². The van der Waals surface area contributed by atoms with Gasteiger partial charge in [0.15, 0.2) is 18.1 Å². The summed E-state index contributed by atoms with van der Waals surface area (Å²) in [5.41, 5.74) is 1.19. The molecule has 0 bridgehead atoms. The molecular formula is C17H18N2O6S. The fourth-order valence-corrected chi connectivity index (χ4v) is 3.09. The third-order valence-corrected chi connectivity index (χ3v) is 4.54. The van der Waals surface area contributed by atoms with Gasteiger partial charge in [0.25, 0.3) is 5.91 Å². The largest absolute Gasteiger partial charge is 0.490 e. The zero-order chi connectivity index (χ0) is 18.5. The Hall–Kier alpha value is -2.81. The number of fused-ring (bicyclic) bond motifs is 1. The molecule has 1 N–H and O–H groups in total. The average Bonchev–Trinajstić information content (AvgIpc) is 2.82. The fourth-order valence-electron chi connectivity index (χ4n) is 2.36. The van der Waals surface area contributed by atoms with Crippen LogP contribution >= 0.6 is 11.3 Å². The summed E-state index contributed by atoms with van der Waals surface area (Å²) in [4.78, 5) is 35.1. The zero-order valence-electron chi connectivity index (χ0n) is 14.1. The van der Waals surface area contributed by atoms with E-state index in [0.717, 1.165) is 17.8 Å². The molecule has 0 atom stereocenters. The van der Waals surface area contributed by atoms with Crippen molar-refractivity contribution in [2.75, 3.05) is 25.1 Å². The normalized spacial score (nSPS) is 13.0. The number of amides is 1. The standard InChI is InChI=1S/C17H18N2O6S/c1-11-10-26-17(22)19(11)8-16(21)25-9-15(20)18-12-3-4-13-14(7-12)24-6-2-5-23-13/h3-4,7,10H,2,5-6,8-9H2,1H3,(H,18,20). The van der Waals surface area contributed by atoms with E-state index >= 15 is 0 Å². The Balaban J connectivity index is 1.52. The number of aromatic nitrogens is 1. The van der Waals surface area contributed by atoms with Gasteiger partial charge < -0.3 is 19.5 Å². The Morgan fingerprint density at radius 1 is 1.27 bits per heavy atom. The molecule has 0 unspecified atom stereocenters. The predicted octanol–water partition coefficient (Wildman–Crippen LogP) is 1.56. The Labute approximate surface area is 153 Å². The van der Waals surface area contributed by atoms with Crippen LogP contribution < -0.4 is 19.7 Å². The molecule has 0 fully saturated rings. The van der Waals surface area contributed by atoms with E-state index in [9.17, 15) is 14.4 Å². The minimum atomic E-state index is -0.651. The molecule has 0 spiro atoms. The molecule has 0 saturated heterocycles. The Kier molecular flexibility index (Phi) is 5.57. The highest BCUT2D eigenvalue weighted by Crippen LogP contribution is 2.32. The number of rotatable bonds is 5. The van der Waals surface area contributed by atoms with Gasteiger partial charge in [-0.2, -0.15) is 0 Å². The molecule has 1 aromatic carbocycles. The Morgan fingerprint density at radius 3 is 2.77 bits per heavy atom. The number of anilines is 1. The highest BCUT2D eigenvalue weighted by atomic mass is 32.1. The van der Waals surface area contributed by atoms with E-state index in [4.69, 9.17) is 14.2 Å². The van der Waals surface area contributed by atoms with E-state index in [1.54, 1.807) is 30.5 Å². The maximum Gasteiger partial charge on any atom is 0.326 e. The highest BCUT2D eigenvalue weighted by molar-refractivity contribution is 7.07. The molecule has 2 heterocycles. The first-order chi connectivity index (χ1) is 12.5. The van der Waals surface area contributed by atoms with Crippen molar-refractivity contribution in [1.29, 1.82) is 0 Å². The lowest BCUT2D eigenvalue weighted by atomic mass is 10.2. The number of carbonyl (C=O) groups is 2. The second-order valence-electron chi connectivity index (χ2n) is 5.65. The molecule has 0 aliphatic carbocycles. The van der Waals surface area contributed by atoms with Crippen molar-refractivity contribution >= 4 is 28.9 Å². The van der Waals surface area contributed by atoms with Crippen LogP contribution in [0.1, 0.15) is 12.1 Å². The van der Waals surface area contributed by atoms with Crippen molar-refractivity contribution in [3.63, 3.8) is 0 Å². The molecule has 138 valence electrons. The van der Waals surface area contributed by atoms with Gasteiger partial charge >= 0.3 is 10.8 Å². The first kappa shape index (κ1) is 18.0. The molecule has 8 nitrogen and oxygen atoms in total. The van der Waals surface area contributed by atoms with Crippen LogP contribution in [0.3, 0.4) is 0 Å². The van der Waals surface area contributed by atoms with Gasteiger partial charge in [0.05, 0.1) is 13.2 Å². The molecule has 0 radical (unpaired) electrons. The minimum absolute atomic E-state index is 0.217. The molecule has 0 saturated carbocycles. The number of ether oxygens (including phenoxy) is 3. The number of nitrogens with one attached hydrogen (secondary N) is 1. The van der Waals surface area contributed by atoms with E-state index < -0.39 is 18.5 Å². The third kappa shape index (κ3) is 4.42.